The fraction of sp³-hybridized carbons (Fsp3) is 0.867. The molecule has 0 bridgehead atoms. The maximum atomic E-state index is 5.51. The van der Waals surface area contributed by atoms with Gasteiger partial charge in [-0.2, -0.15) is 0 Å². The molecule has 0 radical (unpaired) electrons. The molecule has 0 spiro atoms. The highest BCUT2D eigenvalue weighted by atomic mass is 16.7. The molecule has 0 unspecified atom stereocenters. The van der Waals surface area contributed by atoms with Gasteiger partial charge in [-0.3, -0.25) is 0 Å². The Labute approximate surface area is 107 Å². The summed E-state index contributed by atoms with van der Waals surface area (Å²) >= 11 is 0. The van der Waals surface area contributed by atoms with E-state index < -0.39 is 0 Å². The van der Waals surface area contributed by atoms with Gasteiger partial charge >= 0.3 is 0 Å². The number of hydrogen-bond donors (Lipinski definition) is 0. The summed E-state index contributed by atoms with van der Waals surface area (Å²) < 4.78 is 11.0. The number of allylic oxidation sites excluding steroid dienone is 2. The van der Waals surface area contributed by atoms with Crippen molar-refractivity contribution in [2.24, 2.45) is 0 Å². The minimum Gasteiger partial charge on any atom is -0.353 e. The second-order valence-electron chi connectivity index (χ2n) is 4.24. The SMILES string of the molecule is CCC/C=C\CCCCCC(OCC)OCC. The van der Waals surface area contributed by atoms with Gasteiger partial charge in [-0.1, -0.05) is 31.9 Å². The zero-order chi connectivity index (χ0) is 12.8. The van der Waals surface area contributed by atoms with Gasteiger partial charge in [0, 0.05) is 13.2 Å². The second kappa shape index (κ2) is 13.7. The summed E-state index contributed by atoms with van der Waals surface area (Å²) in [5, 5.41) is 0. The van der Waals surface area contributed by atoms with Gasteiger partial charge in [0.2, 0.25) is 0 Å². The average Bonchev–Trinajstić information content (AvgIpc) is 2.33. The number of ether oxygens (including phenoxy) is 2. The van der Waals surface area contributed by atoms with Crippen molar-refractivity contribution in [3.63, 3.8) is 0 Å². The summed E-state index contributed by atoms with van der Waals surface area (Å²) in [5.41, 5.74) is 0. The van der Waals surface area contributed by atoms with Crippen LogP contribution in [-0.2, 0) is 9.47 Å². The van der Waals surface area contributed by atoms with Gasteiger partial charge in [0.25, 0.3) is 0 Å². The standard InChI is InChI=1S/C15H30O2/c1-4-7-8-9-10-11-12-13-14-15(16-5-2)17-6-3/h8-9,15H,4-7,10-14H2,1-3H3/b9-8-. The van der Waals surface area contributed by atoms with Gasteiger partial charge in [-0.25, -0.2) is 0 Å². The Kier molecular flexibility index (Phi) is 13.4. The maximum absolute atomic E-state index is 5.51. The molecule has 2 nitrogen and oxygen atoms in total. The topological polar surface area (TPSA) is 18.5 Å². The molecule has 0 atom stereocenters. The quantitative estimate of drug-likeness (QED) is 0.281. The molecule has 0 aromatic carbocycles. The van der Waals surface area contributed by atoms with Crippen molar-refractivity contribution in [1.29, 1.82) is 0 Å². The highest BCUT2D eigenvalue weighted by molar-refractivity contribution is 4.80. The molecule has 0 heterocycles. The van der Waals surface area contributed by atoms with E-state index in [2.05, 4.69) is 19.1 Å². The van der Waals surface area contributed by atoms with Crippen molar-refractivity contribution < 1.29 is 9.47 Å². The third kappa shape index (κ3) is 11.9. The molecule has 0 amide bonds. The normalized spacial score (nSPS) is 11.8. The highest BCUT2D eigenvalue weighted by Gasteiger charge is 2.06. The first kappa shape index (κ1) is 16.7. The number of rotatable bonds is 12. The summed E-state index contributed by atoms with van der Waals surface area (Å²) in [6.07, 6.45) is 13.1. The molecule has 0 aromatic rings. The van der Waals surface area contributed by atoms with Crippen LogP contribution in [-0.4, -0.2) is 19.5 Å². The first-order valence-corrected chi connectivity index (χ1v) is 7.23. The zero-order valence-electron chi connectivity index (χ0n) is 11.9. The van der Waals surface area contributed by atoms with E-state index in [9.17, 15) is 0 Å². The fourth-order valence-corrected chi connectivity index (χ4v) is 1.74. The van der Waals surface area contributed by atoms with E-state index in [-0.39, 0.29) is 6.29 Å². The van der Waals surface area contributed by atoms with Gasteiger partial charge in [0.05, 0.1) is 0 Å². The maximum Gasteiger partial charge on any atom is 0.157 e. The van der Waals surface area contributed by atoms with Crippen LogP contribution in [0.3, 0.4) is 0 Å². The smallest absolute Gasteiger partial charge is 0.157 e. The summed E-state index contributed by atoms with van der Waals surface area (Å²) in [5.74, 6) is 0. The van der Waals surface area contributed by atoms with E-state index in [0.717, 1.165) is 19.6 Å². The molecule has 102 valence electrons. The van der Waals surface area contributed by atoms with Crippen LogP contribution in [0.2, 0.25) is 0 Å². The summed E-state index contributed by atoms with van der Waals surface area (Å²) in [6.45, 7) is 7.73. The monoisotopic (exact) mass is 242 g/mol. The van der Waals surface area contributed by atoms with Crippen LogP contribution in [0.25, 0.3) is 0 Å². The van der Waals surface area contributed by atoms with Crippen molar-refractivity contribution in [2.45, 2.75) is 72.0 Å². The molecule has 0 aliphatic heterocycles. The third-order valence-electron chi connectivity index (χ3n) is 2.64. The van der Waals surface area contributed by atoms with Crippen molar-refractivity contribution >= 4 is 0 Å². The van der Waals surface area contributed by atoms with Crippen molar-refractivity contribution in [2.75, 3.05) is 13.2 Å². The van der Waals surface area contributed by atoms with Crippen LogP contribution in [0.15, 0.2) is 12.2 Å². The second-order valence-corrected chi connectivity index (χ2v) is 4.24. The first-order valence-electron chi connectivity index (χ1n) is 7.23. The van der Waals surface area contributed by atoms with E-state index in [0.29, 0.717) is 0 Å². The molecule has 17 heavy (non-hydrogen) atoms. The van der Waals surface area contributed by atoms with Crippen molar-refractivity contribution in [3.05, 3.63) is 12.2 Å². The molecule has 0 saturated heterocycles. The lowest BCUT2D eigenvalue weighted by molar-refractivity contribution is -0.140. The molecule has 0 saturated carbocycles. The molecule has 0 fully saturated rings. The molecule has 0 aliphatic carbocycles. The van der Waals surface area contributed by atoms with Crippen LogP contribution >= 0.6 is 0 Å². The predicted octanol–water partition coefficient (Wildman–Crippen LogP) is 4.69. The Bertz CT molecular complexity index is 160. The van der Waals surface area contributed by atoms with Gasteiger partial charge in [0.1, 0.15) is 0 Å². The van der Waals surface area contributed by atoms with Crippen LogP contribution < -0.4 is 0 Å². The lowest BCUT2D eigenvalue weighted by Gasteiger charge is -2.16. The van der Waals surface area contributed by atoms with E-state index >= 15 is 0 Å². The first-order chi connectivity index (χ1) is 8.35. The van der Waals surface area contributed by atoms with Crippen molar-refractivity contribution in [1.82, 2.24) is 0 Å². The molecule has 0 aliphatic rings. The number of unbranched alkanes of at least 4 members (excludes halogenated alkanes) is 4. The molecule has 0 rings (SSSR count). The Morgan fingerprint density at radius 2 is 1.47 bits per heavy atom. The Morgan fingerprint density at radius 1 is 0.824 bits per heavy atom. The van der Waals surface area contributed by atoms with Crippen LogP contribution in [0.1, 0.15) is 65.7 Å². The lowest BCUT2D eigenvalue weighted by atomic mass is 10.1. The molecule has 0 aromatic heterocycles. The van der Waals surface area contributed by atoms with Crippen LogP contribution in [0.4, 0.5) is 0 Å². The van der Waals surface area contributed by atoms with E-state index in [1.807, 2.05) is 13.8 Å². The van der Waals surface area contributed by atoms with Crippen molar-refractivity contribution in [3.8, 4) is 0 Å². The summed E-state index contributed by atoms with van der Waals surface area (Å²) in [4.78, 5) is 0. The molecular formula is C15H30O2. The van der Waals surface area contributed by atoms with Gasteiger partial charge in [0.15, 0.2) is 6.29 Å². The van der Waals surface area contributed by atoms with E-state index in [4.69, 9.17) is 9.47 Å². The number of hydrogen-bond acceptors (Lipinski definition) is 2. The zero-order valence-corrected chi connectivity index (χ0v) is 11.9. The third-order valence-corrected chi connectivity index (χ3v) is 2.64. The van der Waals surface area contributed by atoms with Gasteiger partial charge < -0.3 is 9.47 Å². The van der Waals surface area contributed by atoms with E-state index in [1.165, 1.54) is 38.5 Å². The summed E-state index contributed by atoms with van der Waals surface area (Å²) in [7, 11) is 0. The Hall–Kier alpha value is -0.340. The highest BCUT2D eigenvalue weighted by Crippen LogP contribution is 2.10. The molecule has 0 N–H and O–H groups in total. The van der Waals surface area contributed by atoms with Crippen LogP contribution in [0.5, 0.6) is 0 Å². The summed E-state index contributed by atoms with van der Waals surface area (Å²) in [6, 6.07) is 0. The lowest BCUT2D eigenvalue weighted by Crippen LogP contribution is -2.17. The minimum atomic E-state index is 0.0145. The Morgan fingerprint density at radius 3 is 2.06 bits per heavy atom. The van der Waals surface area contributed by atoms with Gasteiger partial charge in [-0.15, -0.1) is 0 Å². The van der Waals surface area contributed by atoms with E-state index in [1.54, 1.807) is 0 Å². The molecule has 2 heteroatoms. The van der Waals surface area contributed by atoms with Crippen LogP contribution in [0, 0.1) is 0 Å². The predicted molar refractivity (Wildman–Crippen MR) is 74.2 cm³/mol. The largest absolute Gasteiger partial charge is 0.353 e. The molecular weight excluding hydrogens is 212 g/mol. The fourth-order valence-electron chi connectivity index (χ4n) is 1.74. The average molecular weight is 242 g/mol. The Balaban J connectivity index is 3.35. The van der Waals surface area contributed by atoms with Gasteiger partial charge in [-0.05, 0) is 46.0 Å². The minimum absolute atomic E-state index is 0.0145.